The van der Waals surface area contributed by atoms with Gasteiger partial charge in [-0.1, -0.05) is 42.5 Å². The van der Waals surface area contributed by atoms with Crippen molar-refractivity contribution in [1.29, 1.82) is 0 Å². The summed E-state index contributed by atoms with van der Waals surface area (Å²) in [4.78, 5) is 40.1. The van der Waals surface area contributed by atoms with E-state index >= 15 is 0 Å². The highest BCUT2D eigenvalue weighted by atomic mass is 32.1. The Kier molecular flexibility index (Phi) is 13.5. The van der Waals surface area contributed by atoms with Crippen LogP contribution in [0.3, 0.4) is 0 Å². The third-order valence-corrected chi connectivity index (χ3v) is 5.90. The van der Waals surface area contributed by atoms with Crippen LogP contribution in [0.1, 0.15) is 24.6 Å². The van der Waals surface area contributed by atoms with E-state index in [-0.39, 0.29) is 26.2 Å². The number of rotatable bonds is 13. The van der Waals surface area contributed by atoms with Crippen molar-refractivity contribution in [3.05, 3.63) is 69.8 Å². The zero-order valence-electron chi connectivity index (χ0n) is 20.9. The summed E-state index contributed by atoms with van der Waals surface area (Å²) in [5.41, 5.74) is 0. The Bertz CT molecular complexity index is 1090. The van der Waals surface area contributed by atoms with Gasteiger partial charge in [-0.15, -0.1) is 16.2 Å². The lowest BCUT2D eigenvalue weighted by atomic mass is 10.1. The van der Waals surface area contributed by atoms with Crippen molar-refractivity contribution in [3.8, 4) is 5.75 Å². The number of esters is 1. The van der Waals surface area contributed by atoms with Gasteiger partial charge in [0.15, 0.2) is 5.34 Å². The molecule has 1 aromatic heterocycles. The molecule has 3 aromatic rings. The Morgan fingerprint density at radius 1 is 1.03 bits per heavy atom. The Hall–Kier alpha value is -3.70. The molecule has 0 fully saturated rings. The molecule has 0 aliphatic heterocycles. The molecular formula is C26H32N2O8S. The fourth-order valence-electron chi connectivity index (χ4n) is 3.14. The Morgan fingerprint density at radius 3 is 2.54 bits per heavy atom. The lowest BCUT2D eigenvalue weighted by Gasteiger charge is -2.20. The normalized spacial score (nSPS) is 11.1. The number of hydrogen-bond donors (Lipinski definition) is 1. The SMILES string of the molecule is CC(OC(=O)CCOCCON=O)OC(=O)N(C)CCCc1cccs1.Oc1cccc2ccccc12. The van der Waals surface area contributed by atoms with Crippen molar-refractivity contribution in [2.24, 2.45) is 5.34 Å². The molecule has 200 valence electrons. The molecule has 11 heteroatoms. The fourth-order valence-corrected chi connectivity index (χ4v) is 3.89. The predicted molar refractivity (Wildman–Crippen MR) is 140 cm³/mol. The van der Waals surface area contributed by atoms with E-state index in [1.54, 1.807) is 24.5 Å². The Balaban J connectivity index is 0.000000358. The predicted octanol–water partition coefficient (Wildman–Crippen LogP) is 5.29. The molecule has 1 unspecified atom stereocenters. The standard InChI is InChI=1S/C16H24N2O7S.C10H8O/c1-13(24-15(19)7-9-22-10-11-23-17-21)25-16(20)18(2)8-3-5-14-6-4-12-26-14;11-10-7-3-5-8-4-1-2-6-9(8)10/h4,6,12-13H,3,5,7-11H2,1-2H3;1-7,11H. The molecule has 0 saturated heterocycles. The molecule has 1 N–H and O–H groups in total. The molecule has 2 aromatic carbocycles. The van der Waals surface area contributed by atoms with Crippen molar-refractivity contribution in [2.75, 3.05) is 33.4 Å². The van der Waals surface area contributed by atoms with Crippen LogP contribution in [0.5, 0.6) is 5.75 Å². The molecule has 0 bridgehead atoms. The van der Waals surface area contributed by atoms with E-state index in [0.717, 1.165) is 23.6 Å². The minimum Gasteiger partial charge on any atom is -0.507 e. The Morgan fingerprint density at radius 2 is 1.81 bits per heavy atom. The van der Waals surface area contributed by atoms with Gasteiger partial charge in [0, 0.05) is 30.8 Å². The van der Waals surface area contributed by atoms with Crippen LogP contribution < -0.4 is 0 Å². The third kappa shape index (κ3) is 11.7. The number of phenolic OH excluding ortho intramolecular Hbond substituents is 1. The van der Waals surface area contributed by atoms with Crippen LogP contribution in [0.25, 0.3) is 10.8 Å². The highest BCUT2D eigenvalue weighted by Gasteiger charge is 2.17. The van der Waals surface area contributed by atoms with Crippen LogP contribution >= 0.6 is 11.3 Å². The van der Waals surface area contributed by atoms with Gasteiger partial charge in [0.25, 0.3) is 0 Å². The number of amides is 1. The molecule has 1 amide bonds. The van der Waals surface area contributed by atoms with Crippen LogP contribution in [-0.2, 0) is 30.3 Å². The van der Waals surface area contributed by atoms with Crippen LogP contribution in [0.15, 0.2) is 65.3 Å². The van der Waals surface area contributed by atoms with E-state index in [4.69, 9.17) is 14.2 Å². The van der Waals surface area contributed by atoms with Gasteiger partial charge < -0.3 is 29.1 Å². The maximum atomic E-state index is 11.9. The largest absolute Gasteiger partial charge is 0.507 e. The smallest absolute Gasteiger partial charge is 0.412 e. The lowest BCUT2D eigenvalue weighted by molar-refractivity contribution is -0.167. The first-order valence-corrected chi connectivity index (χ1v) is 12.6. The maximum absolute atomic E-state index is 11.9. The molecule has 10 nitrogen and oxygen atoms in total. The van der Waals surface area contributed by atoms with Crippen LogP contribution in [0.2, 0.25) is 0 Å². The summed E-state index contributed by atoms with van der Waals surface area (Å²) >= 11 is 1.68. The van der Waals surface area contributed by atoms with Gasteiger partial charge in [-0.2, -0.15) is 0 Å². The number of aryl methyl sites for hydroxylation is 1. The molecule has 3 rings (SSSR count). The minimum atomic E-state index is -0.989. The van der Waals surface area contributed by atoms with Crippen molar-refractivity contribution in [3.63, 3.8) is 0 Å². The molecule has 0 radical (unpaired) electrons. The first kappa shape index (κ1) is 29.5. The zero-order valence-corrected chi connectivity index (χ0v) is 21.7. The summed E-state index contributed by atoms with van der Waals surface area (Å²) in [5.74, 6) is -0.205. The number of fused-ring (bicyclic) bond motifs is 1. The van der Waals surface area contributed by atoms with Gasteiger partial charge in [0.2, 0.25) is 6.29 Å². The van der Waals surface area contributed by atoms with Gasteiger partial charge in [-0.05, 0) is 35.7 Å². The highest BCUT2D eigenvalue weighted by molar-refractivity contribution is 7.09. The molecule has 0 aliphatic rings. The molecule has 1 heterocycles. The quantitative estimate of drug-likeness (QED) is 0.104. The molecule has 37 heavy (non-hydrogen) atoms. The first-order chi connectivity index (χ1) is 17.9. The summed E-state index contributed by atoms with van der Waals surface area (Å²) in [5, 5.41) is 15.6. The topological polar surface area (TPSA) is 124 Å². The summed E-state index contributed by atoms with van der Waals surface area (Å²) < 4.78 is 15.1. The van der Waals surface area contributed by atoms with Crippen molar-refractivity contribution < 1.29 is 33.7 Å². The number of aromatic hydroxyl groups is 1. The van der Waals surface area contributed by atoms with E-state index in [0.29, 0.717) is 12.3 Å². The van der Waals surface area contributed by atoms with Crippen molar-refractivity contribution in [2.45, 2.75) is 32.5 Å². The third-order valence-electron chi connectivity index (χ3n) is 4.96. The second-order valence-corrected chi connectivity index (χ2v) is 8.85. The van der Waals surface area contributed by atoms with Gasteiger partial charge >= 0.3 is 12.1 Å². The molecule has 1 atom stereocenters. The molecule has 0 aliphatic carbocycles. The Labute approximate surface area is 219 Å². The van der Waals surface area contributed by atoms with Gasteiger partial charge in [0.05, 0.1) is 19.6 Å². The first-order valence-electron chi connectivity index (χ1n) is 11.7. The number of thiophene rings is 1. The van der Waals surface area contributed by atoms with Gasteiger partial charge in [-0.3, -0.25) is 4.79 Å². The molecule has 0 saturated carbocycles. The van der Waals surface area contributed by atoms with E-state index in [9.17, 15) is 19.6 Å². The van der Waals surface area contributed by atoms with E-state index in [2.05, 4.69) is 16.2 Å². The van der Waals surface area contributed by atoms with Crippen LogP contribution in [-0.4, -0.2) is 61.8 Å². The van der Waals surface area contributed by atoms with E-state index in [1.807, 2.05) is 47.8 Å². The number of phenols is 1. The number of ether oxygens (including phenoxy) is 3. The van der Waals surface area contributed by atoms with Crippen molar-refractivity contribution >= 4 is 34.2 Å². The summed E-state index contributed by atoms with van der Waals surface area (Å²) in [6.07, 6.45) is 0.172. The van der Waals surface area contributed by atoms with Crippen LogP contribution in [0.4, 0.5) is 4.79 Å². The number of nitrogens with zero attached hydrogens (tertiary/aromatic N) is 2. The van der Waals surface area contributed by atoms with E-state index in [1.165, 1.54) is 16.7 Å². The average Bonchev–Trinajstić information content (AvgIpc) is 3.40. The molecule has 0 spiro atoms. The number of hydrogen-bond acceptors (Lipinski definition) is 10. The minimum absolute atomic E-state index is 0.00688. The van der Waals surface area contributed by atoms with Crippen LogP contribution in [0, 0.1) is 4.91 Å². The second-order valence-electron chi connectivity index (χ2n) is 7.81. The van der Waals surface area contributed by atoms with Crippen molar-refractivity contribution in [1.82, 2.24) is 4.90 Å². The van der Waals surface area contributed by atoms with Gasteiger partial charge in [0.1, 0.15) is 12.4 Å². The second kappa shape index (κ2) is 16.9. The average molecular weight is 533 g/mol. The molecular weight excluding hydrogens is 500 g/mol. The van der Waals surface area contributed by atoms with E-state index < -0.39 is 18.4 Å². The summed E-state index contributed by atoms with van der Waals surface area (Å²) in [7, 11) is 1.63. The number of carbonyl (C=O) groups excluding carboxylic acids is 2. The lowest BCUT2D eigenvalue weighted by Crippen LogP contribution is -2.33. The summed E-state index contributed by atoms with van der Waals surface area (Å²) in [6.45, 7) is 2.28. The number of benzene rings is 2. The fraction of sp³-hybridized carbons (Fsp3) is 0.385. The summed E-state index contributed by atoms with van der Waals surface area (Å²) in [6, 6.07) is 17.3. The van der Waals surface area contributed by atoms with Gasteiger partial charge in [-0.25, -0.2) is 4.79 Å². The highest BCUT2D eigenvalue weighted by Crippen LogP contribution is 2.23. The maximum Gasteiger partial charge on any atom is 0.412 e. The monoisotopic (exact) mass is 532 g/mol. The number of carbonyl (C=O) groups is 2. The zero-order chi connectivity index (χ0) is 26.9.